The Morgan fingerprint density at radius 3 is 2.50 bits per heavy atom. The molecule has 0 bridgehead atoms. The van der Waals surface area contributed by atoms with Gasteiger partial charge in [-0.05, 0) is 25.0 Å². The van der Waals surface area contributed by atoms with Crippen LogP contribution in [0, 0.1) is 0 Å². The summed E-state index contributed by atoms with van der Waals surface area (Å²) in [5.74, 6) is -0.123. The van der Waals surface area contributed by atoms with Crippen LogP contribution in [0.5, 0.6) is 0 Å². The molecule has 0 unspecified atom stereocenters. The van der Waals surface area contributed by atoms with Crippen molar-refractivity contribution < 1.29 is 10.0 Å². The maximum absolute atomic E-state index is 12.6. The molecule has 1 amide bonds. The zero-order chi connectivity index (χ0) is 14.7. The fourth-order valence-electron chi connectivity index (χ4n) is 1.97. The van der Waals surface area contributed by atoms with E-state index in [0.29, 0.717) is 28.6 Å². The third kappa shape index (κ3) is 3.35. The van der Waals surface area contributed by atoms with Gasteiger partial charge in [0.2, 0.25) is 0 Å². The van der Waals surface area contributed by atoms with Crippen LogP contribution in [0.4, 0.5) is 0 Å². The van der Waals surface area contributed by atoms with E-state index in [0.717, 1.165) is 12.8 Å². The quantitative estimate of drug-likeness (QED) is 0.379. The van der Waals surface area contributed by atoms with Gasteiger partial charge in [-0.15, -0.1) is 0 Å². The highest BCUT2D eigenvalue weighted by molar-refractivity contribution is 6.39. The van der Waals surface area contributed by atoms with Crippen molar-refractivity contribution >= 4 is 34.9 Å². The first kappa shape index (κ1) is 14.9. The largest absolute Gasteiger partial charge is 0.409 e. The molecule has 1 aliphatic carbocycles. The molecule has 1 aliphatic rings. The lowest BCUT2D eigenvalue weighted by Gasteiger charge is -2.23. The molecule has 1 saturated carbocycles. The summed E-state index contributed by atoms with van der Waals surface area (Å²) in [5, 5.41) is 12.1. The highest BCUT2D eigenvalue weighted by Crippen LogP contribution is 2.32. The van der Waals surface area contributed by atoms with E-state index in [4.69, 9.17) is 34.1 Å². The minimum atomic E-state index is -0.214. The van der Waals surface area contributed by atoms with Gasteiger partial charge in [0, 0.05) is 19.0 Å². The molecule has 0 aliphatic heterocycles. The molecule has 2 rings (SSSR count). The predicted octanol–water partition coefficient (Wildman–Crippen LogP) is 2.73. The molecule has 7 heteroatoms. The Labute approximate surface area is 126 Å². The van der Waals surface area contributed by atoms with Crippen molar-refractivity contribution in [2.75, 3.05) is 6.54 Å². The van der Waals surface area contributed by atoms with E-state index in [9.17, 15) is 4.79 Å². The number of amides is 1. The fourth-order valence-corrected chi connectivity index (χ4v) is 2.53. The van der Waals surface area contributed by atoms with Crippen LogP contribution in [0.2, 0.25) is 10.0 Å². The fraction of sp³-hybridized carbons (Fsp3) is 0.385. The number of carbonyl (C=O) groups is 1. The van der Waals surface area contributed by atoms with Gasteiger partial charge in [0.25, 0.3) is 5.91 Å². The second-order valence-corrected chi connectivity index (χ2v) is 5.48. The van der Waals surface area contributed by atoms with Crippen LogP contribution in [-0.4, -0.2) is 34.4 Å². The third-order valence-corrected chi connectivity index (χ3v) is 3.79. The van der Waals surface area contributed by atoms with Gasteiger partial charge in [-0.1, -0.05) is 34.4 Å². The first-order valence-electron chi connectivity index (χ1n) is 6.26. The number of nitrogens with two attached hydrogens (primary N) is 1. The Morgan fingerprint density at radius 2 is 2.00 bits per heavy atom. The van der Waals surface area contributed by atoms with E-state index in [1.165, 1.54) is 0 Å². The van der Waals surface area contributed by atoms with Crippen molar-refractivity contribution in [3.8, 4) is 0 Å². The van der Waals surface area contributed by atoms with Crippen molar-refractivity contribution in [3.05, 3.63) is 33.8 Å². The highest BCUT2D eigenvalue weighted by Gasteiger charge is 2.34. The number of hydrogen-bond donors (Lipinski definition) is 2. The Kier molecular flexibility index (Phi) is 4.73. The monoisotopic (exact) mass is 315 g/mol. The van der Waals surface area contributed by atoms with Crippen LogP contribution in [0.3, 0.4) is 0 Å². The van der Waals surface area contributed by atoms with Crippen LogP contribution in [0.15, 0.2) is 23.4 Å². The van der Waals surface area contributed by atoms with Gasteiger partial charge in [-0.25, -0.2) is 0 Å². The summed E-state index contributed by atoms with van der Waals surface area (Å²) < 4.78 is 0. The molecule has 3 N–H and O–H groups in total. The van der Waals surface area contributed by atoms with E-state index in [1.54, 1.807) is 23.1 Å². The number of oxime groups is 1. The smallest absolute Gasteiger partial charge is 0.257 e. The van der Waals surface area contributed by atoms with E-state index in [1.807, 2.05) is 0 Å². The van der Waals surface area contributed by atoms with Gasteiger partial charge >= 0.3 is 0 Å². The third-order valence-electron chi connectivity index (χ3n) is 3.16. The van der Waals surface area contributed by atoms with Crippen molar-refractivity contribution in [3.63, 3.8) is 0 Å². The molecule has 20 heavy (non-hydrogen) atoms. The molecule has 1 aromatic rings. The molecule has 0 radical (unpaired) electrons. The minimum Gasteiger partial charge on any atom is -0.409 e. The lowest BCUT2D eigenvalue weighted by Crippen LogP contribution is -2.36. The van der Waals surface area contributed by atoms with Crippen molar-refractivity contribution in [1.29, 1.82) is 0 Å². The second-order valence-electron chi connectivity index (χ2n) is 4.67. The molecule has 0 aromatic heterocycles. The average Bonchev–Trinajstić information content (AvgIpc) is 3.23. The van der Waals surface area contributed by atoms with Gasteiger partial charge in [0.1, 0.15) is 5.84 Å². The normalized spacial score (nSPS) is 15.2. The van der Waals surface area contributed by atoms with Crippen molar-refractivity contribution in [2.24, 2.45) is 10.9 Å². The Balaban J connectivity index is 2.19. The lowest BCUT2D eigenvalue weighted by molar-refractivity contribution is 0.0748. The SMILES string of the molecule is NC(CCN(C(=O)c1c(Cl)cccc1Cl)C1CC1)=NO. The van der Waals surface area contributed by atoms with E-state index < -0.39 is 0 Å². The summed E-state index contributed by atoms with van der Waals surface area (Å²) in [7, 11) is 0. The zero-order valence-electron chi connectivity index (χ0n) is 10.7. The first-order chi connectivity index (χ1) is 9.54. The van der Waals surface area contributed by atoms with Crippen LogP contribution in [0.1, 0.15) is 29.6 Å². The molecule has 0 spiro atoms. The summed E-state index contributed by atoms with van der Waals surface area (Å²) in [5.41, 5.74) is 5.76. The van der Waals surface area contributed by atoms with E-state index in [-0.39, 0.29) is 17.8 Å². The summed E-state index contributed by atoms with van der Waals surface area (Å²) >= 11 is 12.1. The second kappa shape index (κ2) is 6.33. The van der Waals surface area contributed by atoms with Crippen LogP contribution in [0.25, 0.3) is 0 Å². The summed E-state index contributed by atoms with van der Waals surface area (Å²) in [4.78, 5) is 14.3. The molecule has 1 fully saturated rings. The molecule has 1 aromatic carbocycles. The Hall–Kier alpha value is -1.46. The minimum absolute atomic E-state index is 0.0914. The maximum Gasteiger partial charge on any atom is 0.257 e. The predicted molar refractivity (Wildman–Crippen MR) is 78.5 cm³/mol. The number of hydrogen-bond acceptors (Lipinski definition) is 3. The molecule has 0 atom stereocenters. The number of nitrogens with zero attached hydrogens (tertiary/aromatic N) is 2. The van der Waals surface area contributed by atoms with Gasteiger partial charge in [0.05, 0.1) is 15.6 Å². The Morgan fingerprint density at radius 1 is 1.40 bits per heavy atom. The molecular formula is C13H15Cl2N3O2. The number of halogens is 2. The number of amidine groups is 1. The maximum atomic E-state index is 12.6. The van der Waals surface area contributed by atoms with E-state index in [2.05, 4.69) is 5.16 Å². The van der Waals surface area contributed by atoms with Gasteiger partial charge < -0.3 is 15.8 Å². The van der Waals surface area contributed by atoms with Crippen LogP contribution >= 0.6 is 23.2 Å². The highest BCUT2D eigenvalue weighted by atomic mass is 35.5. The average molecular weight is 316 g/mol. The van der Waals surface area contributed by atoms with Crippen LogP contribution < -0.4 is 5.73 Å². The van der Waals surface area contributed by atoms with Gasteiger partial charge in [0.15, 0.2) is 0 Å². The topological polar surface area (TPSA) is 78.9 Å². The molecule has 0 heterocycles. The summed E-state index contributed by atoms with van der Waals surface area (Å²) in [6.45, 7) is 0.376. The number of carbonyl (C=O) groups excluding carboxylic acids is 1. The van der Waals surface area contributed by atoms with Crippen molar-refractivity contribution in [2.45, 2.75) is 25.3 Å². The van der Waals surface area contributed by atoms with Gasteiger partial charge in [-0.2, -0.15) is 0 Å². The van der Waals surface area contributed by atoms with Crippen LogP contribution in [-0.2, 0) is 0 Å². The molecule has 5 nitrogen and oxygen atoms in total. The number of rotatable bonds is 5. The standard InChI is InChI=1S/C13H15Cl2N3O2/c14-9-2-1-3-10(15)12(9)13(19)18(8-4-5-8)7-6-11(16)17-20/h1-3,8,20H,4-7H2,(H2,16,17). The lowest BCUT2D eigenvalue weighted by atomic mass is 10.2. The van der Waals surface area contributed by atoms with Gasteiger partial charge in [-0.3, -0.25) is 4.79 Å². The zero-order valence-corrected chi connectivity index (χ0v) is 12.2. The van der Waals surface area contributed by atoms with E-state index >= 15 is 0 Å². The molecule has 108 valence electrons. The Bertz CT molecular complexity index is 524. The summed E-state index contributed by atoms with van der Waals surface area (Å²) in [6, 6.07) is 5.14. The first-order valence-corrected chi connectivity index (χ1v) is 7.01. The molecule has 0 saturated heterocycles. The van der Waals surface area contributed by atoms with Crippen molar-refractivity contribution in [1.82, 2.24) is 4.90 Å². The molecular weight excluding hydrogens is 301 g/mol. The number of benzene rings is 1. The summed E-state index contributed by atoms with van der Waals surface area (Å²) in [6.07, 6.45) is 2.20.